The van der Waals surface area contributed by atoms with Crippen molar-refractivity contribution in [2.75, 3.05) is 57.2 Å². The molecule has 9 heteroatoms. The van der Waals surface area contributed by atoms with E-state index >= 15 is 0 Å². The number of benzene rings is 2. The SMILES string of the molecule is CCC(=O)c1ccc(Nc2cc(-c3ccc4c(c3)ncn4CCN(C)C)nc(N3CCOCC3)n2)cc1. The van der Waals surface area contributed by atoms with E-state index in [9.17, 15) is 4.79 Å². The summed E-state index contributed by atoms with van der Waals surface area (Å²) in [5.41, 5.74) is 5.42. The molecule has 4 aromatic rings. The molecule has 0 spiro atoms. The molecule has 1 fully saturated rings. The fraction of sp³-hybridized carbons (Fsp3) is 0.357. The number of hydrogen-bond donors (Lipinski definition) is 1. The van der Waals surface area contributed by atoms with Gasteiger partial charge in [-0.15, -0.1) is 0 Å². The van der Waals surface area contributed by atoms with E-state index in [2.05, 4.69) is 57.0 Å². The summed E-state index contributed by atoms with van der Waals surface area (Å²) in [5.74, 6) is 1.49. The summed E-state index contributed by atoms with van der Waals surface area (Å²) < 4.78 is 7.71. The van der Waals surface area contributed by atoms with Crippen LogP contribution in [-0.2, 0) is 11.3 Å². The maximum Gasteiger partial charge on any atom is 0.228 e. The predicted molar refractivity (Wildman–Crippen MR) is 147 cm³/mol. The third kappa shape index (κ3) is 5.79. The Labute approximate surface area is 217 Å². The zero-order chi connectivity index (χ0) is 25.8. The molecule has 1 aliphatic rings. The number of aromatic nitrogens is 4. The minimum atomic E-state index is 0.130. The Hall–Kier alpha value is -3.82. The van der Waals surface area contributed by atoms with Crippen molar-refractivity contribution in [3.63, 3.8) is 0 Å². The van der Waals surface area contributed by atoms with Gasteiger partial charge in [0.1, 0.15) is 5.82 Å². The normalized spacial score (nSPS) is 13.9. The second-order valence-corrected chi connectivity index (χ2v) is 9.46. The lowest BCUT2D eigenvalue weighted by atomic mass is 10.1. The van der Waals surface area contributed by atoms with Crippen LogP contribution in [0.15, 0.2) is 54.9 Å². The van der Waals surface area contributed by atoms with Crippen LogP contribution in [0.4, 0.5) is 17.5 Å². The first-order valence-corrected chi connectivity index (χ1v) is 12.7. The third-order valence-electron chi connectivity index (χ3n) is 6.51. The number of carbonyl (C=O) groups is 1. The van der Waals surface area contributed by atoms with Gasteiger partial charge in [-0.05, 0) is 50.5 Å². The number of ether oxygens (including phenoxy) is 1. The van der Waals surface area contributed by atoms with Crippen molar-refractivity contribution in [1.82, 2.24) is 24.4 Å². The largest absolute Gasteiger partial charge is 0.378 e. The molecule has 192 valence electrons. The van der Waals surface area contributed by atoms with Gasteiger partial charge in [0.2, 0.25) is 5.95 Å². The number of rotatable bonds is 9. The Balaban J connectivity index is 1.47. The molecule has 9 nitrogen and oxygen atoms in total. The molecule has 0 aliphatic carbocycles. The van der Waals surface area contributed by atoms with Gasteiger partial charge in [-0.3, -0.25) is 4.79 Å². The Kier molecular flexibility index (Phi) is 7.43. The lowest BCUT2D eigenvalue weighted by Crippen LogP contribution is -2.37. The molecule has 37 heavy (non-hydrogen) atoms. The van der Waals surface area contributed by atoms with Crippen molar-refractivity contribution in [3.05, 3.63) is 60.4 Å². The fourth-order valence-electron chi connectivity index (χ4n) is 4.35. The number of carbonyl (C=O) groups excluding carboxylic acids is 1. The minimum absolute atomic E-state index is 0.130. The van der Waals surface area contributed by atoms with Crippen LogP contribution in [-0.4, -0.2) is 77.1 Å². The number of imidazole rings is 1. The molecule has 1 saturated heterocycles. The van der Waals surface area contributed by atoms with Gasteiger partial charge in [0, 0.05) is 55.5 Å². The molecular weight excluding hydrogens is 466 g/mol. The van der Waals surface area contributed by atoms with Gasteiger partial charge in [0.15, 0.2) is 5.78 Å². The van der Waals surface area contributed by atoms with Crippen LogP contribution in [0.2, 0.25) is 0 Å². The highest BCUT2D eigenvalue weighted by molar-refractivity contribution is 5.96. The second-order valence-electron chi connectivity index (χ2n) is 9.46. The molecule has 0 atom stereocenters. The van der Waals surface area contributed by atoms with Crippen molar-refractivity contribution in [1.29, 1.82) is 0 Å². The maximum atomic E-state index is 12.0. The standard InChI is InChI=1S/C28H33N7O2/c1-4-26(36)20-5-8-22(9-6-20)30-27-18-23(31-28(32-27)34-13-15-37-16-14-34)21-7-10-25-24(17-21)29-19-35(25)12-11-33(2)3/h5-10,17-19H,4,11-16H2,1-3H3,(H,30,31,32). The summed E-state index contributed by atoms with van der Waals surface area (Å²) in [6, 6.07) is 15.8. The second kappa shape index (κ2) is 11.1. The zero-order valence-electron chi connectivity index (χ0n) is 21.6. The van der Waals surface area contributed by atoms with Crippen molar-refractivity contribution in [3.8, 4) is 11.3 Å². The van der Waals surface area contributed by atoms with E-state index in [0.717, 1.165) is 54.2 Å². The molecule has 3 heterocycles. The van der Waals surface area contributed by atoms with Gasteiger partial charge in [-0.2, -0.15) is 4.98 Å². The first kappa shape index (κ1) is 24.9. The molecule has 2 aromatic carbocycles. The molecule has 0 bridgehead atoms. The van der Waals surface area contributed by atoms with Gasteiger partial charge in [0.05, 0.1) is 36.3 Å². The summed E-state index contributed by atoms with van der Waals surface area (Å²) in [6.45, 7) is 6.49. The van der Waals surface area contributed by atoms with Crippen LogP contribution in [0.1, 0.15) is 23.7 Å². The number of ketones is 1. The molecule has 0 saturated carbocycles. The van der Waals surface area contributed by atoms with E-state index in [1.165, 1.54) is 0 Å². The quantitative estimate of drug-likeness (QED) is 0.343. The number of Topliss-reactive ketones (excluding diaryl/α,β-unsaturated/α-hetero) is 1. The summed E-state index contributed by atoms with van der Waals surface area (Å²) in [4.78, 5) is 30.7. The fourth-order valence-corrected chi connectivity index (χ4v) is 4.35. The summed E-state index contributed by atoms with van der Waals surface area (Å²) in [7, 11) is 4.15. The summed E-state index contributed by atoms with van der Waals surface area (Å²) >= 11 is 0. The van der Waals surface area contributed by atoms with Crippen molar-refractivity contribution in [2.45, 2.75) is 19.9 Å². The lowest BCUT2D eigenvalue weighted by molar-refractivity contribution is 0.0988. The highest BCUT2D eigenvalue weighted by Crippen LogP contribution is 2.28. The van der Waals surface area contributed by atoms with Crippen LogP contribution in [0.25, 0.3) is 22.3 Å². The first-order valence-electron chi connectivity index (χ1n) is 12.7. The van der Waals surface area contributed by atoms with E-state index in [1.807, 2.05) is 43.6 Å². The monoisotopic (exact) mass is 499 g/mol. The van der Waals surface area contributed by atoms with E-state index in [4.69, 9.17) is 14.7 Å². The van der Waals surface area contributed by atoms with Crippen LogP contribution in [0.5, 0.6) is 0 Å². The third-order valence-corrected chi connectivity index (χ3v) is 6.51. The van der Waals surface area contributed by atoms with Gasteiger partial charge in [-0.1, -0.05) is 13.0 Å². The smallest absolute Gasteiger partial charge is 0.228 e. The van der Waals surface area contributed by atoms with Gasteiger partial charge in [-0.25, -0.2) is 9.97 Å². The molecule has 1 N–H and O–H groups in total. The summed E-state index contributed by atoms with van der Waals surface area (Å²) in [5, 5.41) is 3.40. The molecular formula is C28H33N7O2. The predicted octanol–water partition coefficient (Wildman–Crippen LogP) is 4.23. The number of fused-ring (bicyclic) bond motifs is 1. The van der Waals surface area contributed by atoms with Crippen LogP contribution < -0.4 is 10.2 Å². The molecule has 0 radical (unpaired) electrons. The van der Waals surface area contributed by atoms with Crippen molar-refractivity contribution >= 4 is 34.3 Å². The highest BCUT2D eigenvalue weighted by atomic mass is 16.5. The van der Waals surface area contributed by atoms with Gasteiger partial charge >= 0.3 is 0 Å². The molecule has 2 aromatic heterocycles. The van der Waals surface area contributed by atoms with Crippen molar-refractivity contribution < 1.29 is 9.53 Å². The average molecular weight is 500 g/mol. The van der Waals surface area contributed by atoms with E-state index in [1.54, 1.807) is 0 Å². The Morgan fingerprint density at radius 3 is 2.57 bits per heavy atom. The lowest BCUT2D eigenvalue weighted by Gasteiger charge is -2.27. The number of hydrogen-bond acceptors (Lipinski definition) is 8. The van der Waals surface area contributed by atoms with E-state index in [-0.39, 0.29) is 5.78 Å². The van der Waals surface area contributed by atoms with Gasteiger partial charge < -0.3 is 24.4 Å². The summed E-state index contributed by atoms with van der Waals surface area (Å²) in [6.07, 6.45) is 2.39. The molecule has 0 amide bonds. The Morgan fingerprint density at radius 2 is 1.84 bits per heavy atom. The molecule has 0 unspecified atom stereocenters. The number of likely N-dealkylation sites (N-methyl/N-ethyl adjacent to an activating group) is 1. The average Bonchev–Trinajstić information content (AvgIpc) is 3.34. The van der Waals surface area contributed by atoms with E-state index < -0.39 is 0 Å². The topological polar surface area (TPSA) is 88.4 Å². The number of anilines is 3. The van der Waals surface area contributed by atoms with E-state index in [0.29, 0.717) is 37.0 Å². The number of nitrogens with one attached hydrogen (secondary N) is 1. The number of morpholine rings is 1. The Morgan fingerprint density at radius 1 is 1.05 bits per heavy atom. The Bertz CT molecular complexity index is 1380. The van der Waals surface area contributed by atoms with Crippen LogP contribution in [0.3, 0.4) is 0 Å². The molecule has 5 rings (SSSR count). The first-order chi connectivity index (χ1) is 18.0. The molecule has 1 aliphatic heterocycles. The van der Waals surface area contributed by atoms with Crippen LogP contribution in [0, 0.1) is 0 Å². The zero-order valence-corrected chi connectivity index (χ0v) is 21.6. The van der Waals surface area contributed by atoms with Crippen molar-refractivity contribution in [2.24, 2.45) is 0 Å². The van der Waals surface area contributed by atoms with Crippen LogP contribution >= 0.6 is 0 Å². The highest BCUT2D eigenvalue weighted by Gasteiger charge is 2.17. The van der Waals surface area contributed by atoms with Gasteiger partial charge in [0.25, 0.3) is 0 Å². The number of nitrogens with zero attached hydrogens (tertiary/aromatic N) is 6. The minimum Gasteiger partial charge on any atom is -0.378 e. The maximum absolute atomic E-state index is 12.0.